The maximum Gasteiger partial charge on any atom is 0.255 e. The lowest BCUT2D eigenvalue weighted by Gasteiger charge is -2.34. The second-order valence-corrected chi connectivity index (χ2v) is 12.7. The van der Waals surface area contributed by atoms with Crippen LogP contribution < -0.4 is 0 Å². The van der Waals surface area contributed by atoms with Crippen molar-refractivity contribution in [3.63, 3.8) is 0 Å². The Balaban J connectivity index is 1.49. The van der Waals surface area contributed by atoms with Gasteiger partial charge in [0.1, 0.15) is 0 Å². The smallest absolute Gasteiger partial charge is 0.255 e. The van der Waals surface area contributed by atoms with E-state index in [0.29, 0.717) is 11.3 Å². The molecule has 1 aliphatic carbocycles. The number of rotatable bonds is 6. The van der Waals surface area contributed by atoms with Crippen molar-refractivity contribution in [3.8, 4) is 0 Å². The Morgan fingerprint density at radius 1 is 0.879 bits per heavy atom. The number of sulfone groups is 1. The average Bonchev–Trinajstić information content (AvgIpc) is 2.83. The molecule has 33 heavy (non-hydrogen) atoms. The third-order valence-electron chi connectivity index (χ3n) is 6.41. The van der Waals surface area contributed by atoms with E-state index in [2.05, 4.69) is 0 Å². The van der Waals surface area contributed by atoms with Crippen molar-refractivity contribution in [2.24, 2.45) is 0 Å². The van der Waals surface area contributed by atoms with E-state index in [1.165, 1.54) is 22.0 Å². The Morgan fingerprint density at radius 3 is 2.24 bits per heavy atom. The van der Waals surface area contributed by atoms with Gasteiger partial charge in [0.15, 0.2) is 9.84 Å². The summed E-state index contributed by atoms with van der Waals surface area (Å²) in [4.78, 5) is 15.0. The number of nitrogens with zero attached hydrogens (tertiary/aromatic N) is 2. The fourth-order valence-corrected chi connectivity index (χ4v) is 7.62. The van der Waals surface area contributed by atoms with E-state index < -0.39 is 19.9 Å². The number of benzene rings is 2. The van der Waals surface area contributed by atoms with E-state index in [1.807, 2.05) is 6.07 Å². The minimum absolute atomic E-state index is 0.0237. The lowest BCUT2D eigenvalue weighted by molar-refractivity contribution is 0.0694. The van der Waals surface area contributed by atoms with Gasteiger partial charge in [-0.3, -0.25) is 4.79 Å². The zero-order chi connectivity index (χ0) is 23.6. The van der Waals surface area contributed by atoms with Gasteiger partial charge in [0.25, 0.3) is 5.91 Å². The summed E-state index contributed by atoms with van der Waals surface area (Å²) in [6, 6.07) is 11.7. The number of hydrogen-bond acceptors (Lipinski definition) is 5. The van der Waals surface area contributed by atoms with Gasteiger partial charge in [-0.1, -0.05) is 25.1 Å². The third-order valence-corrected chi connectivity index (χ3v) is 10.3. The van der Waals surface area contributed by atoms with Gasteiger partial charge in [-0.05, 0) is 67.5 Å². The first kappa shape index (κ1) is 23.9. The van der Waals surface area contributed by atoms with Crippen LogP contribution in [0.25, 0.3) is 0 Å². The lowest BCUT2D eigenvalue weighted by atomic mass is 9.92. The van der Waals surface area contributed by atoms with E-state index in [1.54, 1.807) is 36.1 Å². The summed E-state index contributed by atoms with van der Waals surface area (Å²) >= 11 is 0. The molecule has 1 fully saturated rings. The van der Waals surface area contributed by atoms with Crippen LogP contribution in [0, 0.1) is 0 Å². The first-order valence-corrected chi connectivity index (χ1v) is 14.6. The molecule has 4 rings (SSSR count). The van der Waals surface area contributed by atoms with E-state index in [0.717, 1.165) is 31.2 Å². The molecule has 178 valence electrons. The number of aryl methyl sites for hydroxylation is 2. The van der Waals surface area contributed by atoms with Crippen molar-refractivity contribution in [1.82, 2.24) is 9.21 Å². The van der Waals surface area contributed by atoms with Crippen molar-refractivity contribution in [2.45, 2.75) is 48.8 Å². The largest absolute Gasteiger partial charge is 0.336 e. The molecular weight excluding hydrogens is 460 g/mol. The summed E-state index contributed by atoms with van der Waals surface area (Å²) in [6.07, 6.45) is 4.57. The zero-order valence-electron chi connectivity index (χ0n) is 18.9. The molecule has 9 heteroatoms. The summed E-state index contributed by atoms with van der Waals surface area (Å²) in [5, 5.41) is 0. The summed E-state index contributed by atoms with van der Waals surface area (Å²) < 4.78 is 53.1. The van der Waals surface area contributed by atoms with Crippen LogP contribution in [0.5, 0.6) is 0 Å². The standard InChI is InChI=1S/C24H30N2O5S2/c1-2-17-32(28,29)23-10-6-5-9-22(23)24(27)25-13-15-26(16-14-25)33(30,31)21-12-11-19-7-3-4-8-20(19)18-21/h5-6,9-12,18H,2-4,7-8,13-17H2,1H3. The van der Waals surface area contributed by atoms with Gasteiger partial charge < -0.3 is 4.90 Å². The summed E-state index contributed by atoms with van der Waals surface area (Å²) in [7, 11) is -7.20. The molecule has 0 spiro atoms. The number of carbonyl (C=O) groups excluding carboxylic acids is 1. The van der Waals surface area contributed by atoms with E-state index >= 15 is 0 Å². The van der Waals surface area contributed by atoms with Crippen LogP contribution in [0.15, 0.2) is 52.3 Å². The van der Waals surface area contributed by atoms with Crippen molar-refractivity contribution >= 4 is 25.8 Å². The van der Waals surface area contributed by atoms with Crippen LogP contribution in [0.1, 0.15) is 47.7 Å². The Morgan fingerprint density at radius 2 is 1.55 bits per heavy atom. The van der Waals surface area contributed by atoms with Gasteiger partial charge in [-0.2, -0.15) is 4.31 Å². The molecule has 2 aromatic carbocycles. The highest BCUT2D eigenvalue weighted by atomic mass is 32.2. The Kier molecular flexibility index (Phi) is 6.93. The van der Waals surface area contributed by atoms with Crippen LogP contribution in [0.2, 0.25) is 0 Å². The van der Waals surface area contributed by atoms with Crippen molar-refractivity contribution in [3.05, 3.63) is 59.2 Å². The van der Waals surface area contributed by atoms with Crippen LogP contribution in [0.3, 0.4) is 0 Å². The molecule has 1 heterocycles. The second kappa shape index (κ2) is 9.56. The van der Waals surface area contributed by atoms with Gasteiger partial charge in [-0.15, -0.1) is 0 Å². The predicted octanol–water partition coefficient (Wildman–Crippen LogP) is 2.90. The predicted molar refractivity (Wildman–Crippen MR) is 127 cm³/mol. The Hall–Kier alpha value is -2.23. The van der Waals surface area contributed by atoms with Crippen molar-refractivity contribution in [1.29, 1.82) is 0 Å². The molecule has 1 aliphatic heterocycles. The van der Waals surface area contributed by atoms with Gasteiger partial charge in [-0.25, -0.2) is 16.8 Å². The molecular formula is C24H30N2O5S2. The molecule has 1 amide bonds. The Labute approximate surface area is 196 Å². The van der Waals surface area contributed by atoms with E-state index in [-0.39, 0.29) is 48.3 Å². The molecule has 7 nitrogen and oxygen atoms in total. The van der Waals surface area contributed by atoms with Crippen LogP contribution in [0.4, 0.5) is 0 Å². The number of carbonyl (C=O) groups is 1. The summed E-state index contributed by atoms with van der Waals surface area (Å²) in [5.74, 6) is -0.402. The summed E-state index contributed by atoms with van der Waals surface area (Å²) in [5.41, 5.74) is 2.49. The van der Waals surface area contributed by atoms with E-state index in [9.17, 15) is 21.6 Å². The van der Waals surface area contributed by atoms with Crippen LogP contribution >= 0.6 is 0 Å². The molecule has 0 N–H and O–H groups in total. The molecule has 0 unspecified atom stereocenters. The Bertz CT molecular complexity index is 1250. The number of fused-ring (bicyclic) bond motifs is 1. The van der Waals surface area contributed by atoms with E-state index in [4.69, 9.17) is 0 Å². The molecule has 0 radical (unpaired) electrons. The SMILES string of the molecule is CCCS(=O)(=O)c1ccccc1C(=O)N1CCN(S(=O)(=O)c2ccc3c(c2)CCCC3)CC1. The first-order chi connectivity index (χ1) is 15.7. The molecule has 0 atom stereocenters. The summed E-state index contributed by atoms with van der Waals surface area (Å²) in [6.45, 7) is 2.56. The van der Waals surface area contributed by atoms with Gasteiger partial charge in [0.05, 0.1) is 21.1 Å². The van der Waals surface area contributed by atoms with Crippen molar-refractivity contribution in [2.75, 3.05) is 31.9 Å². The quantitative estimate of drug-likeness (QED) is 0.621. The molecule has 1 saturated heterocycles. The lowest BCUT2D eigenvalue weighted by Crippen LogP contribution is -2.50. The number of piperazine rings is 1. The minimum Gasteiger partial charge on any atom is -0.336 e. The second-order valence-electron chi connectivity index (χ2n) is 8.65. The highest BCUT2D eigenvalue weighted by molar-refractivity contribution is 7.91. The highest BCUT2D eigenvalue weighted by Gasteiger charge is 2.32. The number of sulfonamides is 1. The minimum atomic E-state index is -3.65. The topological polar surface area (TPSA) is 91.8 Å². The van der Waals surface area contributed by atoms with Gasteiger partial charge in [0, 0.05) is 26.2 Å². The maximum absolute atomic E-state index is 13.2. The fourth-order valence-electron chi connectivity index (χ4n) is 4.61. The third kappa shape index (κ3) is 4.85. The first-order valence-electron chi connectivity index (χ1n) is 11.5. The molecule has 0 bridgehead atoms. The molecule has 2 aromatic rings. The number of amides is 1. The maximum atomic E-state index is 13.2. The average molecular weight is 491 g/mol. The van der Waals surface area contributed by atoms with Gasteiger partial charge in [0.2, 0.25) is 10.0 Å². The number of hydrogen-bond donors (Lipinski definition) is 0. The van der Waals surface area contributed by atoms with Crippen molar-refractivity contribution < 1.29 is 21.6 Å². The fraction of sp³-hybridized carbons (Fsp3) is 0.458. The molecule has 0 saturated carbocycles. The van der Waals surface area contributed by atoms with Crippen LogP contribution in [-0.2, 0) is 32.7 Å². The van der Waals surface area contributed by atoms with Gasteiger partial charge >= 0.3 is 0 Å². The monoisotopic (exact) mass is 490 g/mol. The normalized spacial score (nSPS) is 17.5. The molecule has 2 aliphatic rings. The molecule has 0 aromatic heterocycles. The van der Waals surface area contributed by atoms with Crippen LogP contribution in [-0.4, -0.2) is 63.9 Å². The highest BCUT2D eigenvalue weighted by Crippen LogP contribution is 2.27. The zero-order valence-corrected chi connectivity index (χ0v) is 20.5.